The van der Waals surface area contributed by atoms with Crippen molar-refractivity contribution in [3.05, 3.63) is 102 Å². The quantitative estimate of drug-likeness (QED) is 0.274. The number of halogens is 1. The molecule has 2 aromatic carbocycles. The number of rotatable bonds is 6. The Bertz CT molecular complexity index is 1360. The third-order valence-corrected chi connectivity index (χ3v) is 8.02. The molecule has 6 nitrogen and oxygen atoms in total. The van der Waals surface area contributed by atoms with Crippen molar-refractivity contribution in [2.45, 2.75) is 22.1 Å². The van der Waals surface area contributed by atoms with Crippen LogP contribution < -0.4 is 15.1 Å². The van der Waals surface area contributed by atoms with Crippen LogP contribution in [-0.4, -0.2) is 36.4 Å². The Morgan fingerprint density at radius 2 is 1.68 bits per heavy atom. The van der Waals surface area contributed by atoms with Crippen molar-refractivity contribution in [3.63, 3.8) is 0 Å². The van der Waals surface area contributed by atoms with Gasteiger partial charge < -0.3 is 24.3 Å². The fraction of sp³-hybridized carbons (Fsp3) is 0.214. The Hall–Kier alpha value is -3.04. The maximum atomic E-state index is 6.41. The van der Waals surface area contributed by atoms with E-state index in [1.807, 2.05) is 54.6 Å². The van der Waals surface area contributed by atoms with Gasteiger partial charge in [-0.25, -0.2) is 0 Å². The summed E-state index contributed by atoms with van der Waals surface area (Å²) in [5.41, 5.74) is 3.09. The van der Waals surface area contributed by atoms with Crippen molar-refractivity contribution in [3.8, 4) is 0 Å². The van der Waals surface area contributed by atoms with Gasteiger partial charge in [-0.3, -0.25) is 4.98 Å². The van der Waals surface area contributed by atoms with Crippen LogP contribution in [0.1, 0.15) is 23.5 Å². The summed E-state index contributed by atoms with van der Waals surface area (Å²) >= 11 is 13.5. The summed E-state index contributed by atoms with van der Waals surface area (Å²) in [5, 5.41) is 5.65. The van der Waals surface area contributed by atoms with Crippen molar-refractivity contribution in [2.75, 3.05) is 36.1 Å². The molecule has 4 aromatic rings. The van der Waals surface area contributed by atoms with E-state index in [4.69, 9.17) is 33.0 Å². The van der Waals surface area contributed by atoms with E-state index in [0.717, 1.165) is 53.4 Å². The molecule has 2 atom stereocenters. The molecule has 0 aliphatic carbocycles. The fourth-order valence-electron chi connectivity index (χ4n) is 4.73. The third-order valence-electron chi connectivity index (χ3n) is 6.53. The molecule has 2 aliphatic rings. The molecule has 2 aromatic heterocycles. The number of anilines is 2. The normalized spacial score (nSPS) is 19.8. The average Bonchev–Trinajstić information content (AvgIpc) is 3.55. The lowest BCUT2D eigenvalue weighted by Crippen LogP contribution is -2.36. The molecule has 0 amide bonds. The number of nitrogens with one attached hydrogen (secondary N) is 1. The molecular formula is C28H25ClN4O2S2. The number of nitrogens with zero attached hydrogens (tertiary/aromatic N) is 3. The molecule has 2 aliphatic heterocycles. The molecule has 9 heteroatoms. The van der Waals surface area contributed by atoms with Gasteiger partial charge in [0, 0.05) is 40.6 Å². The highest BCUT2D eigenvalue weighted by Crippen LogP contribution is 2.43. The molecule has 1 N–H and O–H groups in total. The Kier molecular flexibility index (Phi) is 7.06. The maximum Gasteiger partial charge on any atom is 0.174 e. The lowest BCUT2D eigenvalue weighted by Gasteiger charge is -2.30. The standard InChI is InChI=1S/C28H25ClN4O2S2/c29-19-4-10-22(11-5-19)37-25-13-12-24(35-25)27-26(23-3-1-2-14-30-23)31-28(36)33(27)21-8-6-20(7-9-21)32-15-17-34-18-16-32/h1-14,26-27H,15-18H2,(H,31,36)/t26-,27+/m0/s1. The van der Waals surface area contributed by atoms with Gasteiger partial charge >= 0.3 is 0 Å². The van der Waals surface area contributed by atoms with Crippen LogP contribution in [0.25, 0.3) is 0 Å². The summed E-state index contributed by atoms with van der Waals surface area (Å²) in [5.74, 6) is 0.816. The number of pyridine rings is 1. The number of furan rings is 1. The summed E-state index contributed by atoms with van der Waals surface area (Å²) in [7, 11) is 0. The van der Waals surface area contributed by atoms with E-state index < -0.39 is 0 Å². The molecule has 0 spiro atoms. The topological polar surface area (TPSA) is 53.8 Å². The molecular weight excluding hydrogens is 524 g/mol. The van der Waals surface area contributed by atoms with E-state index >= 15 is 0 Å². The molecule has 4 heterocycles. The first kappa shape index (κ1) is 24.3. The summed E-state index contributed by atoms with van der Waals surface area (Å²) in [6.07, 6.45) is 1.81. The number of thiocarbonyl (C=S) groups is 1. The van der Waals surface area contributed by atoms with E-state index in [2.05, 4.69) is 44.4 Å². The van der Waals surface area contributed by atoms with E-state index in [9.17, 15) is 0 Å². The molecule has 2 fully saturated rings. The maximum absolute atomic E-state index is 6.41. The first-order valence-electron chi connectivity index (χ1n) is 12.1. The molecule has 0 saturated carbocycles. The van der Waals surface area contributed by atoms with Crippen molar-refractivity contribution in [2.24, 2.45) is 0 Å². The highest BCUT2D eigenvalue weighted by atomic mass is 35.5. The number of morpholine rings is 1. The summed E-state index contributed by atoms with van der Waals surface area (Å²) in [6.45, 7) is 3.30. The van der Waals surface area contributed by atoms with Crippen molar-refractivity contribution in [1.29, 1.82) is 0 Å². The van der Waals surface area contributed by atoms with E-state index in [-0.39, 0.29) is 12.1 Å². The minimum absolute atomic E-state index is 0.160. The summed E-state index contributed by atoms with van der Waals surface area (Å²) < 4.78 is 11.9. The number of hydrogen-bond acceptors (Lipinski definition) is 6. The van der Waals surface area contributed by atoms with E-state index in [1.54, 1.807) is 18.0 Å². The predicted octanol–water partition coefficient (Wildman–Crippen LogP) is 6.49. The van der Waals surface area contributed by atoms with Gasteiger partial charge in [0.25, 0.3) is 0 Å². The summed E-state index contributed by atoms with van der Waals surface area (Å²) in [4.78, 5) is 10.2. The average molecular weight is 549 g/mol. The van der Waals surface area contributed by atoms with Crippen molar-refractivity contribution >= 4 is 52.1 Å². The second-order valence-corrected chi connectivity index (χ2v) is 10.7. The monoisotopic (exact) mass is 548 g/mol. The number of aromatic nitrogens is 1. The van der Waals surface area contributed by atoms with Crippen LogP contribution in [0.5, 0.6) is 0 Å². The van der Waals surface area contributed by atoms with Gasteiger partial charge in [-0.2, -0.15) is 0 Å². The van der Waals surface area contributed by atoms with Gasteiger partial charge in [0.2, 0.25) is 0 Å². The van der Waals surface area contributed by atoms with Crippen molar-refractivity contribution < 1.29 is 9.15 Å². The minimum atomic E-state index is -0.198. The third kappa shape index (κ3) is 5.20. The van der Waals surface area contributed by atoms with E-state index in [1.165, 1.54) is 5.69 Å². The van der Waals surface area contributed by atoms with Crippen LogP contribution in [0.15, 0.2) is 99.5 Å². The Balaban J connectivity index is 1.32. The Morgan fingerprint density at radius 3 is 2.41 bits per heavy atom. The highest BCUT2D eigenvalue weighted by molar-refractivity contribution is 7.99. The lowest BCUT2D eigenvalue weighted by molar-refractivity contribution is 0.122. The Labute approximate surface area is 230 Å². The molecule has 188 valence electrons. The largest absolute Gasteiger partial charge is 0.452 e. The summed E-state index contributed by atoms with van der Waals surface area (Å²) in [6, 6.07) is 25.9. The number of benzene rings is 2. The van der Waals surface area contributed by atoms with Crippen LogP contribution in [0, 0.1) is 0 Å². The van der Waals surface area contributed by atoms with Gasteiger partial charge in [-0.05, 0) is 85.0 Å². The van der Waals surface area contributed by atoms with Crippen LogP contribution in [0.4, 0.5) is 11.4 Å². The molecule has 37 heavy (non-hydrogen) atoms. The van der Waals surface area contributed by atoms with Gasteiger partial charge in [0.1, 0.15) is 11.8 Å². The lowest BCUT2D eigenvalue weighted by atomic mass is 10.0. The molecule has 0 radical (unpaired) electrons. The van der Waals surface area contributed by atoms with Crippen LogP contribution in [0.3, 0.4) is 0 Å². The second-order valence-electron chi connectivity index (χ2n) is 8.83. The molecule has 0 bridgehead atoms. The van der Waals surface area contributed by atoms with Gasteiger partial charge in [-0.15, -0.1) is 0 Å². The van der Waals surface area contributed by atoms with Crippen LogP contribution in [0.2, 0.25) is 5.02 Å². The smallest absolute Gasteiger partial charge is 0.174 e. The highest BCUT2D eigenvalue weighted by Gasteiger charge is 2.42. The zero-order valence-corrected chi connectivity index (χ0v) is 22.3. The zero-order valence-electron chi connectivity index (χ0n) is 19.9. The molecule has 0 unspecified atom stereocenters. The second kappa shape index (κ2) is 10.8. The number of hydrogen-bond donors (Lipinski definition) is 1. The fourth-order valence-corrected chi connectivity index (χ4v) is 5.98. The minimum Gasteiger partial charge on any atom is -0.452 e. The zero-order chi connectivity index (χ0) is 25.2. The molecule has 2 saturated heterocycles. The first-order valence-corrected chi connectivity index (χ1v) is 13.7. The number of ether oxygens (including phenoxy) is 1. The SMILES string of the molecule is S=C1N[C@@H](c2ccccn2)[C@@H](c2ccc(Sc3ccc(Cl)cc3)o2)N1c1ccc(N2CCOCC2)cc1. The van der Waals surface area contributed by atoms with Gasteiger partial charge in [-0.1, -0.05) is 29.4 Å². The van der Waals surface area contributed by atoms with Crippen LogP contribution in [-0.2, 0) is 4.74 Å². The first-order chi connectivity index (χ1) is 18.2. The molecule has 6 rings (SSSR count). The Morgan fingerprint density at radius 1 is 0.919 bits per heavy atom. The van der Waals surface area contributed by atoms with E-state index in [0.29, 0.717) is 10.1 Å². The predicted molar refractivity (Wildman–Crippen MR) is 152 cm³/mol. The van der Waals surface area contributed by atoms with Gasteiger partial charge in [0.15, 0.2) is 10.2 Å². The van der Waals surface area contributed by atoms with Crippen molar-refractivity contribution in [1.82, 2.24) is 10.3 Å². The van der Waals surface area contributed by atoms with Gasteiger partial charge in [0.05, 0.1) is 24.9 Å². The van der Waals surface area contributed by atoms with Crippen LogP contribution >= 0.6 is 35.6 Å².